The largest absolute Gasteiger partial charge is 0.478 e. The molecule has 84 valence electrons. The Morgan fingerprint density at radius 1 is 1.67 bits per heavy atom. The predicted octanol–water partition coefficient (Wildman–Crippen LogP) is 2.58. The van der Waals surface area contributed by atoms with Gasteiger partial charge < -0.3 is 10.4 Å². The Morgan fingerprint density at radius 2 is 2.40 bits per heavy atom. The van der Waals surface area contributed by atoms with E-state index in [1.54, 1.807) is 11.4 Å². The van der Waals surface area contributed by atoms with Crippen LogP contribution in [0.5, 0.6) is 0 Å². The lowest BCUT2D eigenvalue weighted by atomic mass is 10.1. The van der Waals surface area contributed by atoms with Crippen molar-refractivity contribution in [3.05, 3.63) is 21.9 Å². The van der Waals surface area contributed by atoms with Crippen molar-refractivity contribution in [3.8, 4) is 0 Å². The van der Waals surface area contributed by atoms with Gasteiger partial charge in [0, 0.05) is 16.8 Å². The van der Waals surface area contributed by atoms with Crippen molar-refractivity contribution in [3.63, 3.8) is 0 Å². The molecule has 1 aromatic rings. The minimum absolute atomic E-state index is 0.389. The molecule has 1 heterocycles. The van der Waals surface area contributed by atoms with Crippen molar-refractivity contribution < 1.29 is 9.90 Å². The number of hydrogen-bond donors (Lipinski definition) is 2. The third kappa shape index (κ3) is 4.01. The van der Waals surface area contributed by atoms with Gasteiger partial charge in [0.15, 0.2) is 0 Å². The highest BCUT2D eigenvalue weighted by Crippen LogP contribution is 2.14. The van der Waals surface area contributed by atoms with Crippen LogP contribution in [0.3, 0.4) is 0 Å². The predicted molar refractivity (Wildman–Crippen MR) is 62.4 cm³/mol. The summed E-state index contributed by atoms with van der Waals surface area (Å²) in [5.41, 5.74) is 0.389. The Hall–Kier alpha value is -0.870. The molecule has 1 atom stereocenters. The molecule has 15 heavy (non-hydrogen) atoms. The summed E-state index contributed by atoms with van der Waals surface area (Å²) in [7, 11) is 0. The Labute approximate surface area is 94.1 Å². The van der Waals surface area contributed by atoms with E-state index in [2.05, 4.69) is 19.2 Å². The summed E-state index contributed by atoms with van der Waals surface area (Å²) < 4.78 is 0. The monoisotopic (exact) mass is 227 g/mol. The molecule has 2 N–H and O–H groups in total. The maximum absolute atomic E-state index is 10.6. The Morgan fingerprint density at radius 3 is 2.93 bits per heavy atom. The molecule has 0 saturated carbocycles. The Balaban J connectivity index is 2.35. The van der Waals surface area contributed by atoms with E-state index < -0.39 is 5.97 Å². The first-order chi connectivity index (χ1) is 7.13. The molecule has 0 radical (unpaired) electrons. The molecule has 0 aliphatic carbocycles. The Bertz CT molecular complexity index is 322. The van der Waals surface area contributed by atoms with Crippen LogP contribution in [0.4, 0.5) is 0 Å². The van der Waals surface area contributed by atoms with E-state index in [0.29, 0.717) is 11.5 Å². The van der Waals surface area contributed by atoms with Gasteiger partial charge in [0.05, 0.1) is 5.56 Å². The quantitative estimate of drug-likeness (QED) is 0.785. The molecule has 0 saturated heterocycles. The van der Waals surface area contributed by atoms with Crippen LogP contribution in [0.2, 0.25) is 0 Å². The molecule has 0 aliphatic heterocycles. The minimum Gasteiger partial charge on any atom is -0.478 e. The number of nitrogens with one attached hydrogen (secondary N) is 1. The maximum Gasteiger partial charge on any atom is 0.336 e. The smallest absolute Gasteiger partial charge is 0.336 e. The summed E-state index contributed by atoms with van der Waals surface area (Å²) in [6, 6.07) is 1.73. The van der Waals surface area contributed by atoms with E-state index in [-0.39, 0.29) is 0 Å². The molecule has 0 bridgehead atoms. The number of aromatic carboxylic acids is 1. The fourth-order valence-corrected chi connectivity index (χ4v) is 2.00. The third-order valence-electron chi connectivity index (χ3n) is 2.39. The van der Waals surface area contributed by atoms with Crippen LogP contribution in [-0.2, 0) is 6.54 Å². The van der Waals surface area contributed by atoms with Crippen LogP contribution in [0.1, 0.15) is 35.5 Å². The van der Waals surface area contributed by atoms with Gasteiger partial charge in [-0.1, -0.05) is 20.3 Å². The summed E-state index contributed by atoms with van der Waals surface area (Å²) in [4.78, 5) is 11.7. The lowest BCUT2D eigenvalue weighted by Crippen LogP contribution is -2.19. The van der Waals surface area contributed by atoms with Gasteiger partial charge >= 0.3 is 5.97 Å². The molecule has 0 fully saturated rings. The number of hydrogen-bond acceptors (Lipinski definition) is 3. The number of thiophene rings is 1. The van der Waals surface area contributed by atoms with Crippen molar-refractivity contribution in [2.45, 2.75) is 26.8 Å². The van der Waals surface area contributed by atoms with E-state index in [9.17, 15) is 4.79 Å². The number of carboxylic acids is 1. The second-order valence-corrected chi connectivity index (χ2v) is 4.75. The maximum atomic E-state index is 10.6. The molecule has 0 spiro atoms. The number of rotatable bonds is 6. The zero-order valence-corrected chi connectivity index (χ0v) is 9.93. The molecule has 1 unspecified atom stereocenters. The highest BCUT2D eigenvalue weighted by atomic mass is 32.1. The van der Waals surface area contributed by atoms with Crippen LogP contribution in [0, 0.1) is 5.92 Å². The average molecular weight is 227 g/mol. The van der Waals surface area contributed by atoms with Crippen molar-refractivity contribution in [1.29, 1.82) is 0 Å². The molecule has 0 aliphatic rings. The molecule has 3 nitrogen and oxygen atoms in total. The fourth-order valence-electron chi connectivity index (χ4n) is 1.17. The van der Waals surface area contributed by atoms with Gasteiger partial charge in [0.2, 0.25) is 0 Å². The highest BCUT2D eigenvalue weighted by molar-refractivity contribution is 7.10. The molecule has 0 aromatic carbocycles. The van der Waals surface area contributed by atoms with Gasteiger partial charge in [-0.05, 0) is 18.5 Å². The van der Waals surface area contributed by atoms with E-state index in [1.807, 2.05) is 0 Å². The van der Waals surface area contributed by atoms with Crippen molar-refractivity contribution in [2.24, 2.45) is 5.92 Å². The van der Waals surface area contributed by atoms with E-state index in [0.717, 1.165) is 24.4 Å². The van der Waals surface area contributed by atoms with Crippen molar-refractivity contribution in [1.82, 2.24) is 5.32 Å². The minimum atomic E-state index is -0.848. The summed E-state index contributed by atoms with van der Waals surface area (Å²) >= 11 is 1.49. The van der Waals surface area contributed by atoms with Crippen LogP contribution >= 0.6 is 11.3 Å². The third-order valence-corrected chi connectivity index (χ3v) is 3.33. The van der Waals surface area contributed by atoms with Gasteiger partial charge in [0.25, 0.3) is 0 Å². The highest BCUT2D eigenvalue weighted by Gasteiger charge is 2.06. The Kier molecular flexibility index (Phi) is 4.78. The van der Waals surface area contributed by atoms with Gasteiger partial charge in [-0.25, -0.2) is 4.79 Å². The van der Waals surface area contributed by atoms with E-state index >= 15 is 0 Å². The molecule has 1 aromatic heterocycles. The lowest BCUT2D eigenvalue weighted by Gasteiger charge is -2.08. The second kappa shape index (κ2) is 5.88. The zero-order chi connectivity index (χ0) is 11.3. The zero-order valence-electron chi connectivity index (χ0n) is 9.12. The van der Waals surface area contributed by atoms with E-state index in [1.165, 1.54) is 11.3 Å². The topological polar surface area (TPSA) is 49.3 Å². The normalized spacial score (nSPS) is 12.7. The van der Waals surface area contributed by atoms with Crippen LogP contribution in [0.25, 0.3) is 0 Å². The first-order valence-corrected chi connectivity index (χ1v) is 6.02. The first-order valence-electron chi connectivity index (χ1n) is 5.15. The number of carboxylic acid groups (broad SMARTS) is 1. The first kappa shape index (κ1) is 12.2. The SMILES string of the molecule is CCC(C)CNCc1cc(C(=O)O)cs1. The van der Waals surface area contributed by atoms with Crippen LogP contribution in [-0.4, -0.2) is 17.6 Å². The number of carbonyl (C=O) groups is 1. The fraction of sp³-hybridized carbons (Fsp3) is 0.545. The van der Waals surface area contributed by atoms with Gasteiger partial charge in [-0.15, -0.1) is 11.3 Å². The van der Waals surface area contributed by atoms with Crippen LogP contribution in [0.15, 0.2) is 11.4 Å². The van der Waals surface area contributed by atoms with Gasteiger partial charge in [-0.2, -0.15) is 0 Å². The summed E-state index contributed by atoms with van der Waals surface area (Å²) in [6.07, 6.45) is 1.16. The van der Waals surface area contributed by atoms with Crippen molar-refractivity contribution in [2.75, 3.05) is 6.54 Å². The molecular formula is C11H17NO2S. The standard InChI is InChI=1S/C11H17NO2S/c1-3-8(2)5-12-6-10-4-9(7-15-10)11(13)14/h4,7-8,12H,3,5-6H2,1-2H3,(H,13,14). The summed E-state index contributed by atoms with van der Waals surface area (Å²) in [5.74, 6) is -0.177. The molecule has 0 amide bonds. The molecule has 1 rings (SSSR count). The average Bonchev–Trinajstić information content (AvgIpc) is 2.66. The summed E-state index contributed by atoms with van der Waals surface area (Å²) in [5, 5.41) is 13.7. The van der Waals surface area contributed by atoms with Crippen molar-refractivity contribution >= 4 is 17.3 Å². The van der Waals surface area contributed by atoms with Crippen LogP contribution < -0.4 is 5.32 Å². The molecular weight excluding hydrogens is 210 g/mol. The lowest BCUT2D eigenvalue weighted by molar-refractivity contribution is 0.0697. The summed E-state index contributed by atoms with van der Waals surface area (Å²) in [6.45, 7) is 6.11. The van der Waals surface area contributed by atoms with E-state index in [4.69, 9.17) is 5.11 Å². The molecule has 4 heteroatoms. The second-order valence-electron chi connectivity index (χ2n) is 3.75. The van der Waals surface area contributed by atoms with Gasteiger partial charge in [0.1, 0.15) is 0 Å². The van der Waals surface area contributed by atoms with Gasteiger partial charge in [-0.3, -0.25) is 0 Å².